The van der Waals surface area contributed by atoms with E-state index in [0.29, 0.717) is 6.29 Å². The van der Waals surface area contributed by atoms with Crippen LogP contribution in [-0.4, -0.2) is 33.1 Å². The van der Waals surface area contributed by atoms with Crippen molar-refractivity contribution in [1.29, 1.82) is 0 Å². The summed E-state index contributed by atoms with van der Waals surface area (Å²) in [6, 6.07) is -1.22. The van der Waals surface area contributed by atoms with Gasteiger partial charge in [-0.25, -0.2) is 4.79 Å². The lowest BCUT2D eigenvalue weighted by atomic mass is 10.2. The molecule has 19 heavy (non-hydrogen) atoms. The van der Waals surface area contributed by atoms with Gasteiger partial charge in [-0.3, -0.25) is 15.2 Å². The van der Waals surface area contributed by atoms with E-state index in [1.807, 2.05) is 0 Å². The third kappa shape index (κ3) is 4.05. The van der Waals surface area contributed by atoms with Crippen LogP contribution in [-0.2, 0) is 9.53 Å². The molecular weight excluding hydrogens is 256 g/mol. The van der Waals surface area contributed by atoms with Crippen molar-refractivity contribution < 1.29 is 19.2 Å². The highest BCUT2D eigenvalue weighted by Crippen LogP contribution is 2.21. The Morgan fingerprint density at radius 3 is 2.74 bits per heavy atom. The van der Waals surface area contributed by atoms with Gasteiger partial charge >= 0.3 is 11.8 Å². The van der Waals surface area contributed by atoms with E-state index in [4.69, 9.17) is 4.74 Å². The van der Waals surface area contributed by atoms with Crippen LogP contribution in [0.3, 0.4) is 0 Å². The summed E-state index contributed by atoms with van der Waals surface area (Å²) in [7, 11) is 0. The summed E-state index contributed by atoms with van der Waals surface area (Å²) in [5.74, 6) is 0. The topological polar surface area (TPSA) is 127 Å². The number of nitrogens with zero attached hydrogens (tertiary/aromatic N) is 2. The van der Waals surface area contributed by atoms with Gasteiger partial charge in [0, 0.05) is 0 Å². The zero-order chi connectivity index (χ0) is 14.6. The van der Waals surface area contributed by atoms with Gasteiger partial charge in [0.2, 0.25) is 0 Å². The van der Waals surface area contributed by atoms with Crippen LogP contribution in [0, 0.1) is 10.1 Å². The molecule has 0 radical (unpaired) electrons. The van der Waals surface area contributed by atoms with Crippen molar-refractivity contribution in [2.45, 2.75) is 32.4 Å². The van der Waals surface area contributed by atoms with E-state index in [1.54, 1.807) is 20.8 Å². The first-order valence-electron chi connectivity index (χ1n) is 5.37. The van der Waals surface area contributed by atoms with Gasteiger partial charge in [0.1, 0.15) is 29.8 Å². The molecule has 9 nitrogen and oxygen atoms in total. The van der Waals surface area contributed by atoms with E-state index in [1.165, 1.54) is 0 Å². The van der Waals surface area contributed by atoms with Crippen molar-refractivity contribution in [3.63, 3.8) is 0 Å². The molecule has 1 unspecified atom stereocenters. The number of nitrogens with one attached hydrogen (secondary N) is 2. The van der Waals surface area contributed by atoms with Crippen LogP contribution in [0.25, 0.3) is 0 Å². The number of hydrogen-bond acceptors (Lipinski definition) is 6. The first-order chi connectivity index (χ1) is 8.74. The van der Waals surface area contributed by atoms with Crippen molar-refractivity contribution >= 4 is 18.1 Å². The standard InChI is InChI=1S/C10H14N4O5/c1-10(2,3)19-9(16)12-6(5-15)8-7(14(17)18)4-11-13-8/h4-6H,1-3H3,(H,11,13)(H,12,16). The van der Waals surface area contributed by atoms with E-state index in [-0.39, 0.29) is 11.4 Å². The molecule has 1 amide bonds. The number of aromatic nitrogens is 2. The number of aldehydes is 1. The maximum Gasteiger partial charge on any atom is 0.408 e. The zero-order valence-electron chi connectivity index (χ0n) is 10.7. The molecule has 0 saturated heterocycles. The summed E-state index contributed by atoms with van der Waals surface area (Å²) in [4.78, 5) is 32.4. The molecular formula is C10H14N4O5. The van der Waals surface area contributed by atoms with Crippen LogP contribution in [0.2, 0.25) is 0 Å². The largest absolute Gasteiger partial charge is 0.444 e. The van der Waals surface area contributed by atoms with Gasteiger partial charge in [0.15, 0.2) is 0 Å². The van der Waals surface area contributed by atoms with E-state index >= 15 is 0 Å². The van der Waals surface area contributed by atoms with E-state index in [0.717, 1.165) is 6.20 Å². The summed E-state index contributed by atoms with van der Waals surface area (Å²) < 4.78 is 4.96. The van der Waals surface area contributed by atoms with Gasteiger partial charge in [-0.05, 0) is 20.8 Å². The maximum absolute atomic E-state index is 11.5. The Bertz CT molecular complexity index is 490. The van der Waals surface area contributed by atoms with Gasteiger partial charge in [-0.15, -0.1) is 0 Å². The van der Waals surface area contributed by atoms with Gasteiger partial charge in [0.25, 0.3) is 0 Å². The van der Waals surface area contributed by atoms with Crippen LogP contribution in [0.1, 0.15) is 32.5 Å². The number of ether oxygens (including phenoxy) is 1. The number of hydrogen-bond donors (Lipinski definition) is 2. The molecule has 0 aliphatic heterocycles. The van der Waals surface area contributed by atoms with Crippen LogP contribution in [0.4, 0.5) is 10.5 Å². The highest BCUT2D eigenvalue weighted by Gasteiger charge is 2.27. The fourth-order valence-corrected chi connectivity index (χ4v) is 1.27. The Hall–Kier alpha value is -2.45. The number of nitro groups is 1. The van der Waals surface area contributed by atoms with E-state index in [2.05, 4.69) is 15.5 Å². The molecule has 0 fully saturated rings. The SMILES string of the molecule is CC(C)(C)OC(=O)NC(C=O)c1[nH]ncc1[N+](=O)[O-]. The van der Waals surface area contributed by atoms with E-state index < -0.39 is 22.7 Å². The highest BCUT2D eigenvalue weighted by atomic mass is 16.6. The van der Waals surface area contributed by atoms with Crippen molar-refractivity contribution in [3.05, 3.63) is 22.0 Å². The van der Waals surface area contributed by atoms with Gasteiger partial charge in [-0.1, -0.05) is 0 Å². The summed E-state index contributed by atoms with van der Waals surface area (Å²) in [5, 5.41) is 18.7. The second kappa shape index (κ2) is 5.46. The minimum absolute atomic E-state index is 0.106. The minimum Gasteiger partial charge on any atom is -0.444 e. The summed E-state index contributed by atoms with van der Waals surface area (Å²) in [5.41, 5.74) is -1.23. The smallest absolute Gasteiger partial charge is 0.408 e. The monoisotopic (exact) mass is 270 g/mol. The number of alkyl carbamates (subject to hydrolysis) is 1. The van der Waals surface area contributed by atoms with Crippen LogP contribution in [0.5, 0.6) is 0 Å². The minimum atomic E-state index is -1.22. The number of carbonyl (C=O) groups excluding carboxylic acids is 2. The predicted molar refractivity (Wildman–Crippen MR) is 63.4 cm³/mol. The summed E-state index contributed by atoms with van der Waals surface area (Å²) in [6.45, 7) is 4.96. The first-order valence-corrected chi connectivity index (χ1v) is 5.37. The van der Waals surface area contributed by atoms with Crippen LogP contribution in [0.15, 0.2) is 6.20 Å². The third-order valence-corrected chi connectivity index (χ3v) is 1.96. The lowest BCUT2D eigenvalue weighted by molar-refractivity contribution is -0.385. The maximum atomic E-state index is 11.5. The van der Waals surface area contributed by atoms with Crippen molar-refractivity contribution in [3.8, 4) is 0 Å². The quantitative estimate of drug-likeness (QED) is 0.478. The summed E-state index contributed by atoms with van der Waals surface area (Å²) in [6.07, 6.45) is 0.459. The third-order valence-electron chi connectivity index (χ3n) is 1.96. The van der Waals surface area contributed by atoms with Gasteiger partial charge < -0.3 is 14.8 Å². The molecule has 2 N–H and O–H groups in total. The molecule has 1 atom stereocenters. The average Bonchev–Trinajstić information content (AvgIpc) is 2.72. The number of amides is 1. The Kier molecular flexibility index (Phi) is 4.20. The molecule has 1 aromatic heterocycles. The number of carbonyl (C=O) groups is 2. The molecule has 0 bridgehead atoms. The second-order valence-corrected chi connectivity index (χ2v) is 4.69. The Labute approximate surface area is 108 Å². The van der Waals surface area contributed by atoms with Crippen molar-refractivity contribution in [1.82, 2.24) is 15.5 Å². The molecule has 104 valence electrons. The average molecular weight is 270 g/mol. The lowest BCUT2D eigenvalue weighted by Gasteiger charge is -2.21. The Morgan fingerprint density at radius 1 is 1.63 bits per heavy atom. The molecule has 0 aromatic carbocycles. The van der Waals surface area contributed by atoms with Gasteiger partial charge in [0.05, 0.1) is 4.92 Å². The molecule has 1 rings (SSSR count). The van der Waals surface area contributed by atoms with Gasteiger partial charge in [-0.2, -0.15) is 5.10 Å². The van der Waals surface area contributed by atoms with Crippen molar-refractivity contribution in [2.75, 3.05) is 0 Å². The highest BCUT2D eigenvalue weighted by molar-refractivity contribution is 5.75. The molecule has 9 heteroatoms. The molecule has 1 heterocycles. The normalized spacial score (nSPS) is 12.6. The fraction of sp³-hybridized carbons (Fsp3) is 0.500. The Morgan fingerprint density at radius 2 is 2.26 bits per heavy atom. The summed E-state index contributed by atoms with van der Waals surface area (Å²) >= 11 is 0. The number of H-pyrrole nitrogens is 1. The lowest BCUT2D eigenvalue weighted by Crippen LogP contribution is -2.35. The molecule has 0 aliphatic carbocycles. The molecule has 0 saturated carbocycles. The number of rotatable bonds is 4. The molecule has 0 aliphatic rings. The molecule has 0 spiro atoms. The fourth-order valence-electron chi connectivity index (χ4n) is 1.27. The number of aromatic amines is 1. The van der Waals surface area contributed by atoms with Crippen LogP contribution < -0.4 is 5.32 Å². The Balaban J connectivity index is 2.84. The van der Waals surface area contributed by atoms with E-state index in [9.17, 15) is 19.7 Å². The van der Waals surface area contributed by atoms with Crippen molar-refractivity contribution in [2.24, 2.45) is 0 Å². The second-order valence-electron chi connectivity index (χ2n) is 4.69. The van der Waals surface area contributed by atoms with Crippen LogP contribution >= 0.6 is 0 Å². The zero-order valence-corrected chi connectivity index (χ0v) is 10.7. The predicted octanol–water partition coefficient (Wildman–Crippen LogP) is 1.08. The molecule has 1 aromatic rings. The first kappa shape index (κ1) is 14.6.